The van der Waals surface area contributed by atoms with Gasteiger partial charge in [0.2, 0.25) is 0 Å². The molecule has 0 aromatic heterocycles. The van der Waals surface area contributed by atoms with Gasteiger partial charge in [0.1, 0.15) is 11.9 Å². The lowest BCUT2D eigenvalue weighted by Gasteiger charge is -2.19. The summed E-state index contributed by atoms with van der Waals surface area (Å²) < 4.78 is 0. The van der Waals surface area contributed by atoms with Crippen LogP contribution in [-0.2, 0) is 19.6 Å². The van der Waals surface area contributed by atoms with Crippen molar-refractivity contribution in [2.75, 3.05) is 55.5 Å². The molecule has 0 bridgehead atoms. The third-order valence-electron chi connectivity index (χ3n) is 3.22. The van der Waals surface area contributed by atoms with Crippen LogP contribution in [-0.4, -0.2) is 96.7 Å². The van der Waals surface area contributed by atoms with Gasteiger partial charge < -0.3 is 35.1 Å². The van der Waals surface area contributed by atoms with Gasteiger partial charge in [0.05, 0.1) is 13.2 Å². The highest BCUT2D eigenvalue weighted by molar-refractivity contribution is 5.43. The first-order valence-electron chi connectivity index (χ1n) is 8.28. The van der Waals surface area contributed by atoms with E-state index in [2.05, 4.69) is 40.9 Å². The van der Waals surface area contributed by atoms with Crippen LogP contribution in [0.25, 0.3) is 0 Å². The van der Waals surface area contributed by atoms with Crippen LogP contribution in [0.3, 0.4) is 0 Å². The zero-order valence-electron chi connectivity index (χ0n) is 16.4. The minimum absolute atomic E-state index is 0.365. The van der Waals surface area contributed by atoms with E-state index in [1.54, 1.807) is 0 Å². The second-order valence-electron chi connectivity index (χ2n) is 6.99. The van der Waals surface area contributed by atoms with Crippen LogP contribution in [0.1, 0.15) is 16.7 Å². The molecule has 25 heavy (non-hydrogen) atoms. The summed E-state index contributed by atoms with van der Waals surface area (Å²) in [7, 11) is 12.2. The molecule has 0 atom stereocenters. The summed E-state index contributed by atoms with van der Waals surface area (Å²) in [4.78, 5) is 6.30. The fraction of sp³-hybridized carbons (Fsp3) is 0.667. The highest BCUT2D eigenvalue weighted by Crippen LogP contribution is 2.27. The smallest absolute Gasteiger partial charge is 0.124 e. The number of benzene rings is 1. The van der Waals surface area contributed by atoms with E-state index in [1.165, 1.54) is 5.56 Å². The fourth-order valence-electron chi connectivity index (χ4n) is 2.27. The van der Waals surface area contributed by atoms with Crippen LogP contribution >= 0.6 is 0 Å². The van der Waals surface area contributed by atoms with E-state index in [1.807, 2.05) is 28.2 Å². The van der Waals surface area contributed by atoms with Gasteiger partial charge in [0.15, 0.2) is 0 Å². The van der Waals surface area contributed by atoms with Crippen molar-refractivity contribution >= 4 is 0 Å². The maximum atomic E-state index is 10.4. The summed E-state index contributed by atoms with van der Waals surface area (Å²) in [5.41, 5.74) is 3.25. The van der Waals surface area contributed by atoms with Crippen molar-refractivity contribution in [3.63, 3.8) is 0 Å². The largest absolute Gasteiger partial charge is 0.507 e. The quantitative estimate of drug-likeness (QED) is 0.517. The summed E-state index contributed by atoms with van der Waals surface area (Å²) in [6.45, 7) is 1.68. The molecule has 0 fully saturated rings. The van der Waals surface area contributed by atoms with Crippen LogP contribution in [0.5, 0.6) is 5.75 Å². The minimum Gasteiger partial charge on any atom is -0.507 e. The van der Waals surface area contributed by atoms with Crippen LogP contribution < -0.4 is 0 Å². The predicted octanol–water partition coefficient (Wildman–Crippen LogP) is -0.0911. The number of hydrogen-bond donors (Lipinski definition) is 4. The molecular weight excluding hydrogens is 322 g/mol. The first-order valence-corrected chi connectivity index (χ1v) is 8.28. The molecule has 1 aromatic carbocycles. The second kappa shape index (κ2) is 12.2. The van der Waals surface area contributed by atoms with Crippen molar-refractivity contribution in [2.45, 2.75) is 25.7 Å². The number of aromatic hydroxyl groups is 1. The Morgan fingerprint density at radius 2 is 1.12 bits per heavy atom. The number of nitrogens with zero attached hydrogens (tertiary/aromatic N) is 3. The van der Waals surface area contributed by atoms with Crippen molar-refractivity contribution < 1.29 is 20.4 Å². The standard InChI is InChI=1S/C15H27N3O.C3H8O3/c1-16(2)9-12-7-13(10-17(3)4)15(19)14(8-12)11-18(5)6;4-1-3(6)2-5/h7-8,19H,9-11H2,1-6H3;3-6H,1-2H2. The number of phenolic OH excluding ortho intramolecular Hbond substituents is 1. The van der Waals surface area contributed by atoms with Gasteiger partial charge in [-0.2, -0.15) is 0 Å². The normalized spacial score (nSPS) is 11.4. The molecule has 1 rings (SSSR count). The number of hydrogen-bond acceptors (Lipinski definition) is 7. The van der Waals surface area contributed by atoms with E-state index in [9.17, 15) is 5.11 Å². The number of phenols is 1. The molecule has 0 saturated carbocycles. The van der Waals surface area contributed by atoms with E-state index in [0.29, 0.717) is 5.75 Å². The van der Waals surface area contributed by atoms with Gasteiger partial charge in [-0.3, -0.25) is 0 Å². The molecule has 146 valence electrons. The lowest BCUT2D eigenvalue weighted by molar-refractivity contribution is 0.0450. The molecule has 0 saturated heterocycles. The Morgan fingerprint density at radius 1 is 0.760 bits per heavy atom. The van der Waals surface area contributed by atoms with Crippen LogP contribution in [0.4, 0.5) is 0 Å². The van der Waals surface area contributed by atoms with Crippen LogP contribution in [0, 0.1) is 0 Å². The Balaban J connectivity index is 0.000000823. The Morgan fingerprint density at radius 3 is 1.36 bits per heavy atom. The van der Waals surface area contributed by atoms with Crippen LogP contribution in [0.15, 0.2) is 12.1 Å². The zero-order chi connectivity index (χ0) is 19.6. The van der Waals surface area contributed by atoms with E-state index in [-0.39, 0.29) is 13.2 Å². The first kappa shape index (κ1) is 23.8. The van der Waals surface area contributed by atoms with Crippen molar-refractivity contribution in [1.29, 1.82) is 0 Å². The third-order valence-corrected chi connectivity index (χ3v) is 3.22. The van der Waals surface area contributed by atoms with Gasteiger partial charge in [-0.15, -0.1) is 0 Å². The third kappa shape index (κ3) is 10.4. The molecule has 7 heteroatoms. The van der Waals surface area contributed by atoms with Crippen molar-refractivity contribution in [1.82, 2.24) is 14.7 Å². The summed E-state index contributed by atoms with van der Waals surface area (Å²) in [5, 5.41) is 34.4. The molecule has 0 aliphatic rings. The maximum absolute atomic E-state index is 10.4. The molecule has 7 nitrogen and oxygen atoms in total. The topological polar surface area (TPSA) is 90.6 Å². The first-order chi connectivity index (χ1) is 11.6. The highest BCUT2D eigenvalue weighted by atomic mass is 16.3. The van der Waals surface area contributed by atoms with E-state index >= 15 is 0 Å². The summed E-state index contributed by atoms with van der Waals surface area (Å²) in [5.74, 6) is 0.435. The average Bonchev–Trinajstić information content (AvgIpc) is 2.50. The molecule has 0 amide bonds. The zero-order valence-corrected chi connectivity index (χ0v) is 16.4. The lowest BCUT2D eigenvalue weighted by Crippen LogP contribution is -2.16. The highest BCUT2D eigenvalue weighted by Gasteiger charge is 2.12. The molecule has 0 heterocycles. The van der Waals surface area contributed by atoms with Gasteiger partial charge >= 0.3 is 0 Å². The summed E-state index contributed by atoms with van der Waals surface area (Å²) >= 11 is 0. The molecule has 0 aliphatic carbocycles. The van der Waals surface area contributed by atoms with E-state index < -0.39 is 6.10 Å². The lowest BCUT2D eigenvalue weighted by atomic mass is 10.0. The minimum atomic E-state index is -0.954. The molecule has 0 radical (unpaired) electrons. The Bertz CT molecular complexity index is 458. The predicted molar refractivity (Wildman–Crippen MR) is 100 cm³/mol. The molecule has 1 aromatic rings. The van der Waals surface area contributed by atoms with Gasteiger partial charge in [0.25, 0.3) is 0 Å². The molecule has 0 spiro atoms. The van der Waals surface area contributed by atoms with Gasteiger partial charge in [-0.05, 0) is 60.0 Å². The fourth-order valence-corrected chi connectivity index (χ4v) is 2.27. The van der Waals surface area contributed by atoms with E-state index in [0.717, 1.165) is 30.8 Å². The summed E-state index contributed by atoms with van der Waals surface area (Å²) in [6, 6.07) is 4.21. The SMILES string of the molecule is CN(C)Cc1cc(CN(C)C)c(O)c(CN(C)C)c1.OCC(O)CO. The van der Waals surface area contributed by atoms with Crippen LogP contribution in [0.2, 0.25) is 0 Å². The monoisotopic (exact) mass is 357 g/mol. The molecule has 4 N–H and O–H groups in total. The Hall–Kier alpha value is -1.22. The van der Waals surface area contributed by atoms with E-state index in [4.69, 9.17) is 15.3 Å². The Labute approximate surface area is 151 Å². The molecule has 0 aliphatic heterocycles. The number of aliphatic hydroxyl groups excluding tert-OH is 3. The van der Waals surface area contributed by atoms with Gasteiger partial charge in [-0.25, -0.2) is 0 Å². The number of aliphatic hydroxyl groups is 3. The molecular formula is C18H35N3O4. The molecule has 0 unspecified atom stereocenters. The van der Waals surface area contributed by atoms with Crippen molar-refractivity contribution in [2.24, 2.45) is 0 Å². The average molecular weight is 357 g/mol. The maximum Gasteiger partial charge on any atom is 0.124 e. The van der Waals surface area contributed by atoms with Crippen molar-refractivity contribution in [3.05, 3.63) is 28.8 Å². The number of rotatable bonds is 8. The summed E-state index contributed by atoms with van der Waals surface area (Å²) in [6.07, 6.45) is -0.954. The van der Waals surface area contributed by atoms with Gasteiger partial charge in [0, 0.05) is 30.8 Å². The van der Waals surface area contributed by atoms with Crippen molar-refractivity contribution in [3.8, 4) is 5.75 Å². The second-order valence-corrected chi connectivity index (χ2v) is 6.99. The Kier molecular flexibility index (Phi) is 11.6. The van der Waals surface area contributed by atoms with Gasteiger partial charge in [-0.1, -0.05) is 0 Å².